The Bertz CT molecular complexity index is 622. The highest BCUT2D eigenvalue weighted by Crippen LogP contribution is 2.34. The van der Waals surface area contributed by atoms with Crippen LogP contribution in [0.4, 0.5) is 5.69 Å². The van der Waals surface area contributed by atoms with Gasteiger partial charge in [0.1, 0.15) is 0 Å². The first-order valence-electron chi connectivity index (χ1n) is 9.12. The van der Waals surface area contributed by atoms with Crippen LogP contribution in [0.2, 0.25) is 0 Å². The lowest BCUT2D eigenvalue weighted by Crippen LogP contribution is -2.49. The van der Waals surface area contributed by atoms with Gasteiger partial charge in [0.2, 0.25) is 10.0 Å². The number of sulfonamides is 1. The fourth-order valence-electron chi connectivity index (χ4n) is 4.01. The van der Waals surface area contributed by atoms with Crippen LogP contribution in [0, 0.1) is 12.3 Å². The molecule has 0 aromatic heterocycles. The van der Waals surface area contributed by atoms with E-state index in [2.05, 4.69) is 41.7 Å². The van der Waals surface area contributed by atoms with E-state index < -0.39 is 10.0 Å². The first-order chi connectivity index (χ1) is 11.5. The lowest BCUT2D eigenvalue weighted by atomic mass is 9.84. The number of anilines is 1. The molecule has 4 nitrogen and oxygen atoms in total. The third-order valence-corrected chi connectivity index (χ3v) is 7.75. The predicted octanol–water partition coefficient (Wildman–Crippen LogP) is 3.31. The van der Waals surface area contributed by atoms with Gasteiger partial charge in [-0.2, -0.15) is 0 Å². The zero-order valence-electron chi connectivity index (χ0n) is 14.8. The van der Waals surface area contributed by atoms with E-state index in [1.54, 1.807) is 18.2 Å². The molecule has 1 unspecified atom stereocenters. The van der Waals surface area contributed by atoms with Crippen LogP contribution in [-0.2, 0) is 10.0 Å². The van der Waals surface area contributed by atoms with E-state index >= 15 is 0 Å². The number of para-hydroxylation sites is 1. The van der Waals surface area contributed by atoms with Crippen LogP contribution >= 0.6 is 0 Å². The number of nitrogens with zero attached hydrogens (tertiary/aromatic N) is 2. The lowest BCUT2D eigenvalue weighted by Gasteiger charge is -2.44. The number of rotatable bonds is 4. The highest BCUT2D eigenvalue weighted by molar-refractivity contribution is 7.89. The van der Waals surface area contributed by atoms with Crippen LogP contribution in [0.5, 0.6) is 0 Å². The van der Waals surface area contributed by atoms with E-state index in [4.69, 9.17) is 0 Å². The van der Waals surface area contributed by atoms with Crippen molar-refractivity contribution in [1.82, 2.24) is 4.31 Å². The molecule has 0 aliphatic carbocycles. The van der Waals surface area contributed by atoms with Gasteiger partial charge in [-0.25, -0.2) is 12.7 Å². The molecule has 0 N–H and O–H groups in total. The van der Waals surface area contributed by atoms with Crippen LogP contribution in [-0.4, -0.2) is 43.6 Å². The van der Waals surface area contributed by atoms with Gasteiger partial charge in [0, 0.05) is 31.4 Å². The molecule has 2 heterocycles. The topological polar surface area (TPSA) is 40.6 Å². The number of hydrogen-bond donors (Lipinski definition) is 0. The van der Waals surface area contributed by atoms with E-state index in [-0.39, 0.29) is 5.25 Å². The molecule has 0 spiro atoms. The number of benzene rings is 1. The normalized spacial score (nSPS) is 24.5. The van der Waals surface area contributed by atoms with E-state index in [0.717, 1.165) is 32.2 Å². The van der Waals surface area contributed by atoms with E-state index in [1.165, 1.54) is 5.69 Å². The van der Waals surface area contributed by atoms with Crippen molar-refractivity contribution < 1.29 is 8.42 Å². The summed E-state index contributed by atoms with van der Waals surface area (Å²) in [6, 6.07) is 11.1. The molecule has 1 aromatic rings. The van der Waals surface area contributed by atoms with Gasteiger partial charge < -0.3 is 4.90 Å². The molecule has 1 aromatic carbocycles. The molecule has 24 heavy (non-hydrogen) atoms. The SMILES string of the molecule is CC(C)S(=O)(=O)N1CCC(C2C[CH]CCN2c2ccccc2)CC1. The van der Waals surface area contributed by atoms with Gasteiger partial charge in [-0.15, -0.1) is 0 Å². The first kappa shape index (κ1) is 17.7. The van der Waals surface area contributed by atoms with Gasteiger partial charge in [-0.1, -0.05) is 18.2 Å². The number of hydrogen-bond acceptors (Lipinski definition) is 3. The fourth-order valence-corrected chi connectivity index (χ4v) is 5.33. The van der Waals surface area contributed by atoms with Gasteiger partial charge >= 0.3 is 0 Å². The third kappa shape index (κ3) is 3.62. The van der Waals surface area contributed by atoms with Gasteiger partial charge in [0.05, 0.1) is 5.25 Å². The Hall–Kier alpha value is -1.07. The minimum absolute atomic E-state index is 0.321. The molecule has 2 aliphatic rings. The van der Waals surface area contributed by atoms with Crippen molar-refractivity contribution in [2.45, 2.75) is 50.8 Å². The molecule has 2 aliphatic heterocycles. The Balaban J connectivity index is 1.68. The predicted molar refractivity (Wildman–Crippen MR) is 99.5 cm³/mol. The monoisotopic (exact) mass is 349 g/mol. The highest BCUT2D eigenvalue weighted by Gasteiger charge is 2.36. The van der Waals surface area contributed by atoms with Gasteiger partial charge in [0.15, 0.2) is 0 Å². The van der Waals surface area contributed by atoms with E-state index in [0.29, 0.717) is 25.0 Å². The number of piperidine rings is 2. The maximum absolute atomic E-state index is 12.4. The molecule has 0 amide bonds. The molecular formula is C19H29N2O2S. The molecule has 1 radical (unpaired) electrons. The molecule has 0 bridgehead atoms. The van der Waals surface area contributed by atoms with E-state index in [9.17, 15) is 8.42 Å². The van der Waals surface area contributed by atoms with Crippen molar-refractivity contribution in [3.05, 3.63) is 36.8 Å². The second-order valence-electron chi connectivity index (χ2n) is 7.24. The smallest absolute Gasteiger partial charge is 0.216 e. The second kappa shape index (κ2) is 7.44. The van der Waals surface area contributed by atoms with E-state index in [1.807, 2.05) is 0 Å². The molecular weight excluding hydrogens is 320 g/mol. The summed E-state index contributed by atoms with van der Waals surface area (Å²) in [5.74, 6) is 0.570. The second-order valence-corrected chi connectivity index (χ2v) is 9.73. The first-order valence-corrected chi connectivity index (χ1v) is 10.6. The highest BCUT2D eigenvalue weighted by atomic mass is 32.2. The summed E-state index contributed by atoms with van der Waals surface area (Å²) in [5.41, 5.74) is 1.30. The maximum Gasteiger partial charge on any atom is 0.216 e. The molecule has 133 valence electrons. The van der Waals surface area contributed by atoms with Crippen LogP contribution in [0.3, 0.4) is 0 Å². The van der Waals surface area contributed by atoms with Crippen molar-refractivity contribution in [3.8, 4) is 0 Å². The average molecular weight is 350 g/mol. The van der Waals surface area contributed by atoms with Crippen LogP contribution < -0.4 is 4.90 Å². The van der Waals surface area contributed by atoms with Crippen LogP contribution in [0.1, 0.15) is 39.5 Å². The Kier molecular flexibility index (Phi) is 5.50. The molecule has 0 saturated carbocycles. The van der Waals surface area contributed by atoms with Crippen LogP contribution in [0.15, 0.2) is 30.3 Å². The Morgan fingerprint density at radius 3 is 2.33 bits per heavy atom. The lowest BCUT2D eigenvalue weighted by molar-refractivity contribution is 0.229. The van der Waals surface area contributed by atoms with Gasteiger partial charge in [0.25, 0.3) is 0 Å². The van der Waals surface area contributed by atoms with Crippen molar-refractivity contribution in [3.63, 3.8) is 0 Å². The van der Waals surface area contributed by atoms with Crippen LogP contribution in [0.25, 0.3) is 0 Å². The summed E-state index contributed by atoms with van der Waals surface area (Å²) in [5, 5.41) is -0.321. The fraction of sp³-hybridized carbons (Fsp3) is 0.632. The zero-order valence-corrected chi connectivity index (χ0v) is 15.6. The molecule has 3 rings (SSSR count). The summed E-state index contributed by atoms with van der Waals surface area (Å²) in [7, 11) is -3.11. The summed E-state index contributed by atoms with van der Waals surface area (Å²) >= 11 is 0. The van der Waals surface area contributed by atoms with Gasteiger partial charge in [-0.3, -0.25) is 0 Å². The van der Waals surface area contributed by atoms with Crippen molar-refractivity contribution in [1.29, 1.82) is 0 Å². The summed E-state index contributed by atoms with van der Waals surface area (Å²) in [4.78, 5) is 2.54. The summed E-state index contributed by atoms with van der Waals surface area (Å²) < 4.78 is 26.4. The van der Waals surface area contributed by atoms with Crippen molar-refractivity contribution >= 4 is 15.7 Å². The molecule has 2 fully saturated rings. The zero-order chi connectivity index (χ0) is 17.2. The Labute approximate surface area is 146 Å². The van der Waals surface area contributed by atoms with Gasteiger partial charge in [-0.05, 0) is 64.0 Å². The third-order valence-electron chi connectivity index (χ3n) is 5.47. The maximum atomic E-state index is 12.4. The minimum atomic E-state index is -3.11. The minimum Gasteiger partial charge on any atom is -0.368 e. The molecule has 2 saturated heterocycles. The Morgan fingerprint density at radius 2 is 1.71 bits per heavy atom. The molecule has 5 heteroatoms. The Morgan fingerprint density at radius 1 is 1.04 bits per heavy atom. The summed E-state index contributed by atoms with van der Waals surface area (Å²) in [6.45, 7) is 5.96. The standard InChI is InChI=1S/C19H29N2O2S/c1-16(2)24(22,23)20-14-11-17(12-15-20)19-10-6-7-13-21(19)18-8-4-3-5-9-18/h3-6,8-9,16-17,19H,7,10-15H2,1-2H3. The molecule has 1 atom stereocenters. The van der Waals surface area contributed by atoms with Crippen molar-refractivity contribution in [2.24, 2.45) is 5.92 Å². The largest absolute Gasteiger partial charge is 0.368 e. The average Bonchev–Trinajstić information content (AvgIpc) is 2.62. The quantitative estimate of drug-likeness (QED) is 0.837. The van der Waals surface area contributed by atoms with Crippen molar-refractivity contribution in [2.75, 3.05) is 24.5 Å². The summed E-state index contributed by atoms with van der Waals surface area (Å²) in [6.07, 6.45) is 6.57.